The average molecular weight is 232 g/mol. The van der Waals surface area contributed by atoms with Gasteiger partial charge in [-0.05, 0) is 50.1 Å². The minimum absolute atomic E-state index is 0.235. The third-order valence-electron chi connectivity index (χ3n) is 3.27. The van der Waals surface area contributed by atoms with Crippen molar-refractivity contribution in [3.8, 4) is 11.8 Å². The summed E-state index contributed by atoms with van der Waals surface area (Å²) in [7, 11) is 3.62. The van der Waals surface area contributed by atoms with Gasteiger partial charge >= 0.3 is 0 Å². The molecule has 0 amide bonds. The molecular formula is C14H20N2O. The molecule has 1 atom stereocenters. The lowest BCUT2D eigenvalue weighted by Crippen LogP contribution is -2.17. The third-order valence-corrected chi connectivity index (χ3v) is 3.27. The normalized spacial score (nSPS) is 11.9. The summed E-state index contributed by atoms with van der Waals surface area (Å²) in [5, 5.41) is 11.9. The van der Waals surface area contributed by atoms with Crippen LogP contribution in [0.2, 0.25) is 0 Å². The van der Waals surface area contributed by atoms with Gasteiger partial charge in [-0.25, -0.2) is 0 Å². The molecule has 0 aliphatic heterocycles. The first-order chi connectivity index (χ1) is 8.15. The zero-order valence-corrected chi connectivity index (χ0v) is 11.0. The van der Waals surface area contributed by atoms with Crippen molar-refractivity contribution in [3.05, 3.63) is 28.8 Å². The van der Waals surface area contributed by atoms with Gasteiger partial charge in [0.15, 0.2) is 0 Å². The molecule has 1 unspecified atom stereocenters. The van der Waals surface area contributed by atoms with Crippen molar-refractivity contribution in [2.24, 2.45) is 0 Å². The average Bonchev–Trinajstić information content (AvgIpc) is 2.35. The van der Waals surface area contributed by atoms with Crippen LogP contribution in [0.4, 0.5) is 0 Å². The topological polar surface area (TPSA) is 45.0 Å². The summed E-state index contributed by atoms with van der Waals surface area (Å²) < 4.78 is 5.30. The van der Waals surface area contributed by atoms with Crippen molar-refractivity contribution >= 4 is 0 Å². The lowest BCUT2D eigenvalue weighted by Gasteiger charge is -2.20. The van der Waals surface area contributed by atoms with Gasteiger partial charge in [0.1, 0.15) is 5.75 Å². The van der Waals surface area contributed by atoms with Gasteiger partial charge in [0.05, 0.1) is 13.2 Å². The van der Waals surface area contributed by atoms with E-state index in [1.54, 1.807) is 7.11 Å². The summed E-state index contributed by atoms with van der Waals surface area (Å²) >= 11 is 0. The van der Waals surface area contributed by atoms with Crippen LogP contribution in [-0.2, 0) is 0 Å². The smallest absolute Gasteiger partial charge is 0.122 e. The third kappa shape index (κ3) is 2.98. The van der Waals surface area contributed by atoms with Gasteiger partial charge in [0, 0.05) is 12.5 Å². The number of hydrogen-bond acceptors (Lipinski definition) is 3. The van der Waals surface area contributed by atoms with Gasteiger partial charge in [0.2, 0.25) is 0 Å². The van der Waals surface area contributed by atoms with Gasteiger partial charge in [-0.15, -0.1) is 0 Å². The monoisotopic (exact) mass is 232 g/mol. The number of hydrogen-bond donors (Lipinski definition) is 1. The van der Waals surface area contributed by atoms with E-state index >= 15 is 0 Å². The number of ether oxygens (including phenoxy) is 1. The predicted octanol–water partition coefficient (Wildman–Crippen LogP) is 2.88. The minimum Gasteiger partial charge on any atom is -0.496 e. The van der Waals surface area contributed by atoms with Gasteiger partial charge < -0.3 is 10.1 Å². The van der Waals surface area contributed by atoms with Crippen molar-refractivity contribution in [1.82, 2.24) is 5.32 Å². The molecule has 3 nitrogen and oxygen atoms in total. The van der Waals surface area contributed by atoms with E-state index in [9.17, 15) is 0 Å². The summed E-state index contributed by atoms with van der Waals surface area (Å²) in [5.74, 6) is 0.918. The molecule has 92 valence electrons. The van der Waals surface area contributed by atoms with Crippen molar-refractivity contribution in [2.75, 3.05) is 14.2 Å². The highest BCUT2D eigenvalue weighted by molar-refractivity contribution is 5.44. The largest absolute Gasteiger partial charge is 0.496 e. The zero-order valence-electron chi connectivity index (χ0n) is 11.0. The van der Waals surface area contributed by atoms with Crippen molar-refractivity contribution in [1.29, 1.82) is 5.26 Å². The molecule has 0 spiro atoms. The van der Waals surface area contributed by atoms with Crippen LogP contribution in [-0.4, -0.2) is 14.2 Å². The summed E-state index contributed by atoms with van der Waals surface area (Å²) in [6, 6.07) is 6.51. The molecule has 0 bridgehead atoms. The Kier molecular flexibility index (Phi) is 4.99. The lowest BCUT2D eigenvalue weighted by atomic mass is 9.94. The number of nitriles is 1. The van der Waals surface area contributed by atoms with Gasteiger partial charge in [-0.2, -0.15) is 5.26 Å². The standard InChI is InChI=1S/C14H20N2O/c1-10-11(2)14(17-4)8-7-12(10)13(16-3)6-5-9-15/h7-8,13,16H,5-6H2,1-4H3. The number of nitrogens with one attached hydrogen (secondary N) is 1. The Labute approximate surface area is 103 Å². The molecule has 3 heteroatoms. The van der Waals surface area contributed by atoms with Crippen LogP contribution >= 0.6 is 0 Å². The van der Waals surface area contributed by atoms with Crippen LogP contribution in [0.15, 0.2) is 12.1 Å². The van der Waals surface area contributed by atoms with Crippen LogP contribution < -0.4 is 10.1 Å². The Morgan fingerprint density at radius 3 is 2.59 bits per heavy atom. The maximum atomic E-state index is 8.67. The van der Waals surface area contributed by atoms with E-state index in [1.807, 2.05) is 13.1 Å². The number of benzene rings is 1. The van der Waals surface area contributed by atoms with E-state index in [1.165, 1.54) is 16.7 Å². The molecule has 1 N–H and O–H groups in total. The van der Waals surface area contributed by atoms with E-state index in [0.29, 0.717) is 6.42 Å². The molecule has 1 aromatic rings. The minimum atomic E-state index is 0.235. The highest BCUT2D eigenvalue weighted by atomic mass is 16.5. The van der Waals surface area contributed by atoms with Crippen LogP contribution in [0.3, 0.4) is 0 Å². The van der Waals surface area contributed by atoms with Crippen molar-refractivity contribution in [2.45, 2.75) is 32.7 Å². The number of methoxy groups -OCH3 is 1. The predicted molar refractivity (Wildman–Crippen MR) is 69.1 cm³/mol. The van der Waals surface area contributed by atoms with Crippen LogP contribution in [0.25, 0.3) is 0 Å². The molecule has 0 aromatic heterocycles. The number of rotatable bonds is 5. The highest BCUT2D eigenvalue weighted by Crippen LogP contribution is 2.29. The summed E-state index contributed by atoms with van der Waals surface area (Å²) in [6.45, 7) is 4.17. The fourth-order valence-corrected chi connectivity index (χ4v) is 2.08. The molecule has 0 fully saturated rings. The van der Waals surface area contributed by atoms with E-state index in [2.05, 4.69) is 31.3 Å². The first-order valence-electron chi connectivity index (χ1n) is 5.84. The Morgan fingerprint density at radius 2 is 2.06 bits per heavy atom. The molecule has 1 aromatic carbocycles. The molecule has 1 rings (SSSR count). The van der Waals surface area contributed by atoms with E-state index in [-0.39, 0.29) is 6.04 Å². The molecule has 0 saturated heterocycles. The van der Waals surface area contributed by atoms with Gasteiger partial charge in [-0.3, -0.25) is 0 Å². The molecule has 0 aliphatic rings. The fraction of sp³-hybridized carbons (Fsp3) is 0.500. The first-order valence-corrected chi connectivity index (χ1v) is 5.84. The van der Waals surface area contributed by atoms with Crippen LogP contribution in [0, 0.1) is 25.2 Å². The zero-order chi connectivity index (χ0) is 12.8. The Hall–Kier alpha value is -1.53. The van der Waals surface area contributed by atoms with Crippen LogP contribution in [0.5, 0.6) is 5.75 Å². The number of nitrogens with zero attached hydrogens (tertiary/aromatic N) is 1. The maximum Gasteiger partial charge on any atom is 0.122 e. The Morgan fingerprint density at radius 1 is 1.35 bits per heavy atom. The molecular weight excluding hydrogens is 212 g/mol. The maximum absolute atomic E-state index is 8.67. The molecule has 0 radical (unpaired) electrons. The molecule has 0 saturated carbocycles. The lowest BCUT2D eigenvalue weighted by molar-refractivity contribution is 0.410. The van der Waals surface area contributed by atoms with Crippen molar-refractivity contribution < 1.29 is 4.74 Å². The summed E-state index contributed by atoms with van der Waals surface area (Å²) in [5.41, 5.74) is 3.66. The second-order valence-electron chi connectivity index (χ2n) is 4.15. The van der Waals surface area contributed by atoms with Gasteiger partial charge in [0.25, 0.3) is 0 Å². The second kappa shape index (κ2) is 6.27. The first kappa shape index (κ1) is 13.5. The van der Waals surface area contributed by atoms with Crippen LogP contribution in [0.1, 0.15) is 35.6 Å². The summed E-state index contributed by atoms with van der Waals surface area (Å²) in [4.78, 5) is 0. The molecule has 0 heterocycles. The van der Waals surface area contributed by atoms with Gasteiger partial charge in [-0.1, -0.05) is 6.07 Å². The Balaban J connectivity index is 3.05. The molecule has 17 heavy (non-hydrogen) atoms. The quantitative estimate of drug-likeness (QED) is 0.849. The van der Waals surface area contributed by atoms with E-state index in [4.69, 9.17) is 10.00 Å². The second-order valence-corrected chi connectivity index (χ2v) is 4.15. The SMILES string of the molecule is CNC(CCC#N)c1ccc(OC)c(C)c1C. The fourth-order valence-electron chi connectivity index (χ4n) is 2.08. The molecule has 0 aliphatic carbocycles. The Bertz CT molecular complexity index is 421. The summed E-state index contributed by atoms with van der Waals surface area (Å²) in [6.07, 6.45) is 1.40. The van der Waals surface area contributed by atoms with E-state index in [0.717, 1.165) is 12.2 Å². The van der Waals surface area contributed by atoms with Crippen molar-refractivity contribution in [3.63, 3.8) is 0 Å². The highest BCUT2D eigenvalue weighted by Gasteiger charge is 2.14. The van der Waals surface area contributed by atoms with E-state index < -0.39 is 0 Å².